The summed E-state index contributed by atoms with van der Waals surface area (Å²) < 4.78 is 0. The van der Waals surface area contributed by atoms with Gasteiger partial charge in [0.2, 0.25) is 0 Å². The molecule has 0 aliphatic heterocycles. The van der Waals surface area contributed by atoms with Crippen LogP contribution in [0.1, 0.15) is 22.4 Å². The molecule has 2 heterocycles. The first-order valence-corrected chi connectivity index (χ1v) is 9.75. The maximum atomic E-state index is 12.4. The van der Waals surface area contributed by atoms with Crippen LogP contribution >= 0.6 is 11.8 Å². The van der Waals surface area contributed by atoms with Crippen LogP contribution in [-0.2, 0) is 12.2 Å². The van der Waals surface area contributed by atoms with Crippen LogP contribution in [0.15, 0.2) is 64.5 Å². The fourth-order valence-electron chi connectivity index (χ4n) is 2.89. The Balaban J connectivity index is 1.61. The fourth-order valence-corrected chi connectivity index (χ4v) is 3.78. The zero-order chi connectivity index (χ0) is 20.1. The number of nitrogens with zero attached hydrogens (tertiary/aromatic N) is 5. The Morgan fingerprint density at radius 2 is 1.86 bits per heavy atom. The van der Waals surface area contributed by atoms with Crippen molar-refractivity contribution in [2.24, 2.45) is 0 Å². The first kappa shape index (κ1) is 18.6. The molecule has 0 unspecified atom stereocenters. The van der Waals surface area contributed by atoms with Gasteiger partial charge in [0.05, 0.1) is 5.69 Å². The van der Waals surface area contributed by atoms with Gasteiger partial charge >= 0.3 is 0 Å². The molecule has 29 heavy (non-hydrogen) atoms. The molecule has 0 saturated carbocycles. The maximum absolute atomic E-state index is 12.4. The number of aromatic nitrogens is 6. The minimum atomic E-state index is -0.427. The van der Waals surface area contributed by atoms with Crippen LogP contribution in [0.3, 0.4) is 0 Å². The molecule has 0 fully saturated rings. The Hall–Kier alpha value is -3.77. The summed E-state index contributed by atoms with van der Waals surface area (Å²) in [6.07, 6.45) is 0.418. The second-order valence-electron chi connectivity index (χ2n) is 6.16. The normalized spacial score (nSPS) is 10.6. The van der Waals surface area contributed by atoms with Gasteiger partial charge in [-0.1, -0.05) is 66.4 Å². The van der Waals surface area contributed by atoms with E-state index in [1.165, 1.54) is 11.8 Å². The van der Waals surface area contributed by atoms with Gasteiger partial charge in [-0.05, 0) is 21.6 Å². The molecule has 0 atom stereocenters. The zero-order valence-corrected chi connectivity index (χ0v) is 16.0. The lowest BCUT2D eigenvalue weighted by atomic mass is 10.1. The van der Waals surface area contributed by atoms with E-state index in [9.17, 15) is 10.1 Å². The Morgan fingerprint density at radius 1 is 1.07 bits per heavy atom. The fraction of sp³-hybridized carbons (Fsp3) is 0.100. The molecule has 0 aliphatic carbocycles. The highest BCUT2D eigenvalue weighted by atomic mass is 32.2. The third-order valence-electron chi connectivity index (χ3n) is 4.28. The molecule has 0 spiro atoms. The van der Waals surface area contributed by atoms with E-state index in [-0.39, 0.29) is 5.56 Å². The Labute approximate surface area is 170 Å². The van der Waals surface area contributed by atoms with E-state index in [1.54, 1.807) is 0 Å². The summed E-state index contributed by atoms with van der Waals surface area (Å²) in [5, 5.41) is 23.8. The van der Waals surface area contributed by atoms with Crippen molar-refractivity contribution in [2.45, 2.75) is 17.3 Å². The zero-order valence-electron chi connectivity index (χ0n) is 15.2. The number of H-pyrrole nitrogens is 2. The SMILES string of the molecule is N#Cc1c(Cc2ccccc2)nc(SCc2ccccc2-c2nnn[nH]2)[nH]c1=O. The molecule has 9 heteroatoms. The van der Waals surface area contributed by atoms with Crippen molar-refractivity contribution in [3.8, 4) is 17.5 Å². The number of aromatic amines is 2. The van der Waals surface area contributed by atoms with E-state index in [4.69, 9.17) is 0 Å². The average molecular weight is 401 g/mol. The maximum Gasteiger partial charge on any atom is 0.269 e. The van der Waals surface area contributed by atoms with Crippen molar-refractivity contribution < 1.29 is 0 Å². The second-order valence-corrected chi connectivity index (χ2v) is 7.13. The van der Waals surface area contributed by atoms with Crippen molar-refractivity contribution in [1.82, 2.24) is 30.6 Å². The van der Waals surface area contributed by atoms with Gasteiger partial charge in [-0.2, -0.15) is 5.26 Å². The van der Waals surface area contributed by atoms with Crippen LogP contribution in [0.5, 0.6) is 0 Å². The van der Waals surface area contributed by atoms with Gasteiger partial charge in [0.15, 0.2) is 11.0 Å². The highest BCUT2D eigenvalue weighted by Crippen LogP contribution is 2.26. The summed E-state index contributed by atoms with van der Waals surface area (Å²) >= 11 is 1.38. The molecule has 0 aliphatic rings. The van der Waals surface area contributed by atoms with Crippen molar-refractivity contribution in [3.63, 3.8) is 0 Å². The van der Waals surface area contributed by atoms with Crippen molar-refractivity contribution in [3.05, 3.63) is 87.3 Å². The van der Waals surface area contributed by atoms with E-state index >= 15 is 0 Å². The van der Waals surface area contributed by atoms with Gasteiger partial charge in [-0.15, -0.1) is 5.10 Å². The van der Waals surface area contributed by atoms with E-state index in [0.717, 1.165) is 16.7 Å². The third kappa shape index (κ3) is 4.23. The predicted molar refractivity (Wildman–Crippen MR) is 108 cm³/mol. The van der Waals surface area contributed by atoms with Crippen LogP contribution < -0.4 is 5.56 Å². The number of hydrogen-bond acceptors (Lipinski definition) is 7. The number of hydrogen-bond donors (Lipinski definition) is 2. The first-order valence-electron chi connectivity index (χ1n) is 8.76. The van der Waals surface area contributed by atoms with E-state index in [2.05, 4.69) is 30.6 Å². The predicted octanol–water partition coefficient (Wildman–Crippen LogP) is 2.70. The number of tetrazole rings is 1. The number of thioether (sulfide) groups is 1. The molecule has 2 aromatic heterocycles. The van der Waals surface area contributed by atoms with Crippen LogP contribution in [-0.4, -0.2) is 30.6 Å². The lowest BCUT2D eigenvalue weighted by Crippen LogP contribution is -2.17. The lowest BCUT2D eigenvalue weighted by Gasteiger charge is -2.08. The molecule has 0 radical (unpaired) electrons. The Kier molecular flexibility index (Phi) is 5.45. The minimum absolute atomic E-state index is 0.0475. The van der Waals surface area contributed by atoms with E-state index in [0.29, 0.717) is 28.8 Å². The van der Waals surface area contributed by atoms with E-state index in [1.807, 2.05) is 60.7 Å². The summed E-state index contributed by atoms with van der Waals surface area (Å²) in [7, 11) is 0. The van der Waals surface area contributed by atoms with Crippen LogP contribution in [0.25, 0.3) is 11.4 Å². The Morgan fingerprint density at radius 3 is 2.62 bits per heavy atom. The average Bonchev–Trinajstić information content (AvgIpc) is 3.28. The number of benzene rings is 2. The van der Waals surface area contributed by atoms with Gasteiger partial charge < -0.3 is 4.98 Å². The smallest absolute Gasteiger partial charge is 0.269 e. The summed E-state index contributed by atoms with van der Waals surface area (Å²) in [6, 6.07) is 19.3. The molecule has 4 aromatic rings. The first-order chi connectivity index (χ1) is 14.2. The molecule has 0 bridgehead atoms. The largest absolute Gasteiger partial charge is 0.300 e. The molecule has 0 saturated heterocycles. The van der Waals surface area contributed by atoms with Gasteiger partial charge in [0, 0.05) is 17.7 Å². The summed E-state index contributed by atoms with van der Waals surface area (Å²) in [6.45, 7) is 0. The summed E-state index contributed by atoms with van der Waals surface area (Å²) in [5.74, 6) is 1.13. The van der Waals surface area contributed by atoms with Gasteiger partial charge in [0.1, 0.15) is 11.6 Å². The summed E-state index contributed by atoms with van der Waals surface area (Å²) in [5.41, 5.74) is 2.95. The topological polar surface area (TPSA) is 124 Å². The minimum Gasteiger partial charge on any atom is -0.300 e. The molecule has 2 aromatic carbocycles. The number of nitrogens with one attached hydrogen (secondary N) is 2. The van der Waals surface area contributed by atoms with Crippen LogP contribution in [0, 0.1) is 11.3 Å². The van der Waals surface area contributed by atoms with Crippen LogP contribution in [0.4, 0.5) is 0 Å². The number of nitriles is 1. The van der Waals surface area contributed by atoms with Gasteiger partial charge in [0.25, 0.3) is 5.56 Å². The van der Waals surface area contributed by atoms with Crippen LogP contribution in [0.2, 0.25) is 0 Å². The molecule has 2 N–H and O–H groups in total. The third-order valence-corrected chi connectivity index (χ3v) is 5.20. The monoisotopic (exact) mass is 401 g/mol. The lowest BCUT2D eigenvalue weighted by molar-refractivity contribution is 0.870. The molecule has 4 rings (SSSR count). The van der Waals surface area contributed by atoms with Crippen molar-refractivity contribution >= 4 is 11.8 Å². The van der Waals surface area contributed by atoms with Gasteiger partial charge in [-0.3, -0.25) is 4.79 Å². The highest BCUT2D eigenvalue weighted by Gasteiger charge is 2.14. The molecular formula is C20H15N7OS. The molecule has 142 valence electrons. The quantitative estimate of drug-likeness (QED) is 0.376. The standard InChI is InChI=1S/C20H15N7OS/c21-11-16-17(10-13-6-2-1-3-7-13)22-20(23-19(16)28)29-12-14-8-4-5-9-15(14)18-24-26-27-25-18/h1-9H,10,12H2,(H,22,23,28)(H,24,25,26,27). The number of rotatable bonds is 6. The molecule has 0 amide bonds. The Bertz CT molecular complexity index is 1210. The van der Waals surface area contributed by atoms with Gasteiger partial charge in [-0.25, -0.2) is 10.1 Å². The summed E-state index contributed by atoms with van der Waals surface area (Å²) in [4.78, 5) is 19.6. The van der Waals surface area contributed by atoms with E-state index < -0.39 is 5.56 Å². The van der Waals surface area contributed by atoms with Crippen molar-refractivity contribution in [2.75, 3.05) is 0 Å². The highest BCUT2D eigenvalue weighted by molar-refractivity contribution is 7.98. The second kappa shape index (κ2) is 8.50. The molecule has 8 nitrogen and oxygen atoms in total. The van der Waals surface area contributed by atoms with Crippen molar-refractivity contribution in [1.29, 1.82) is 5.26 Å². The molecular weight excluding hydrogens is 386 g/mol.